The van der Waals surface area contributed by atoms with Crippen LogP contribution in [0.1, 0.15) is 44.2 Å². The third-order valence-electron chi connectivity index (χ3n) is 5.58. The minimum atomic E-state index is -0.509. The number of aromatic nitrogens is 2. The molecule has 1 saturated carbocycles. The molecule has 1 atom stereocenters. The summed E-state index contributed by atoms with van der Waals surface area (Å²) in [6.45, 7) is 3.81. The molecule has 1 aromatic rings. The van der Waals surface area contributed by atoms with Gasteiger partial charge in [0, 0.05) is 45.0 Å². The molecule has 2 heterocycles. The number of ether oxygens (including phenoxy) is 1. The highest BCUT2D eigenvalue weighted by Crippen LogP contribution is 2.34. The molecule has 0 unspecified atom stereocenters. The van der Waals surface area contributed by atoms with Crippen molar-refractivity contribution in [3.05, 3.63) is 11.8 Å². The van der Waals surface area contributed by atoms with E-state index in [2.05, 4.69) is 25.5 Å². The summed E-state index contributed by atoms with van der Waals surface area (Å²) in [5, 5.41) is 6.30. The summed E-state index contributed by atoms with van der Waals surface area (Å²) in [5.74, 6) is 1.61. The first-order valence-corrected chi connectivity index (χ1v) is 9.64. The van der Waals surface area contributed by atoms with Crippen molar-refractivity contribution in [1.29, 1.82) is 0 Å². The van der Waals surface area contributed by atoms with Crippen LogP contribution in [0.2, 0.25) is 0 Å². The van der Waals surface area contributed by atoms with Gasteiger partial charge in [-0.25, -0.2) is 4.98 Å². The first kappa shape index (κ1) is 18.9. The molecule has 2 N–H and O–H groups in total. The van der Waals surface area contributed by atoms with Crippen molar-refractivity contribution in [2.24, 2.45) is 5.41 Å². The number of aryl methyl sites for hydroxylation is 1. The van der Waals surface area contributed by atoms with Gasteiger partial charge in [0.1, 0.15) is 5.82 Å². The van der Waals surface area contributed by atoms with Crippen LogP contribution in [0.4, 0.5) is 11.8 Å². The maximum absolute atomic E-state index is 13.1. The zero-order valence-electron chi connectivity index (χ0n) is 16.2. The lowest BCUT2D eigenvalue weighted by Gasteiger charge is -2.31. The van der Waals surface area contributed by atoms with Crippen molar-refractivity contribution in [3.63, 3.8) is 0 Å². The lowest BCUT2D eigenvalue weighted by Crippen LogP contribution is -2.49. The number of methoxy groups -OCH3 is 1. The van der Waals surface area contributed by atoms with E-state index < -0.39 is 5.41 Å². The monoisotopic (exact) mass is 361 g/mol. The molecular weight excluding hydrogens is 330 g/mol. The van der Waals surface area contributed by atoms with Crippen molar-refractivity contribution < 1.29 is 9.53 Å². The van der Waals surface area contributed by atoms with Gasteiger partial charge in [-0.3, -0.25) is 4.79 Å². The van der Waals surface area contributed by atoms with Gasteiger partial charge in [0.15, 0.2) is 0 Å². The maximum atomic E-state index is 13.1. The normalized spacial score (nSPS) is 23.9. The Labute approximate surface area is 155 Å². The number of nitrogens with zero attached hydrogens (tertiary/aromatic N) is 3. The van der Waals surface area contributed by atoms with Crippen LogP contribution in [0.3, 0.4) is 0 Å². The minimum Gasteiger partial charge on any atom is -0.383 e. The van der Waals surface area contributed by atoms with E-state index in [1.807, 2.05) is 20.0 Å². The van der Waals surface area contributed by atoms with Crippen molar-refractivity contribution in [2.75, 3.05) is 44.1 Å². The number of nitrogens with one attached hydrogen (secondary N) is 2. The van der Waals surface area contributed by atoms with Gasteiger partial charge in [0.25, 0.3) is 0 Å². The smallest absolute Gasteiger partial charge is 0.230 e. The van der Waals surface area contributed by atoms with Crippen LogP contribution in [0.5, 0.6) is 0 Å². The van der Waals surface area contributed by atoms with Gasteiger partial charge < -0.3 is 20.3 Å². The predicted molar refractivity (Wildman–Crippen MR) is 102 cm³/mol. The van der Waals surface area contributed by atoms with Crippen LogP contribution in [0.25, 0.3) is 0 Å². The molecule has 1 amide bonds. The Morgan fingerprint density at radius 2 is 2.12 bits per heavy atom. The number of carbonyl (C=O) groups excluding carboxylic acids is 1. The third-order valence-corrected chi connectivity index (χ3v) is 5.58. The molecule has 0 bridgehead atoms. The Hall–Kier alpha value is -1.89. The molecule has 2 aliphatic rings. The fourth-order valence-corrected chi connectivity index (χ4v) is 4.12. The first-order valence-electron chi connectivity index (χ1n) is 9.64. The molecule has 7 heteroatoms. The highest BCUT2D eigenvalue weighted by molar-refractivity contribution is 5.84. The summed E-state index contributed by atoms with van der Waals surface area (Å²) in [7, 11) is 3.49. The molecule has 0 spiro atoms. The van der Waals surface area contributed by atoms with Crippen molar-refractivity contribution in [3.8, 4) is 0 Å². The molecule has 0 radical (unpaired) electrons. The van der Waals surface area contributed by atoms with E-state index in [4.69, 9.17) is 4.74 Å². The number of rotatable bonds is 6. The molecular formula is C19H31N5O2. The Morgan fingerprint density at radius 3 is 2.81 bits per heavy atom. The van der Waals surface area contributed by atoms with Crippen LogP contribution in [-0.2, 0) is 9.53 Å². The van der Waals surface area contributed by atoms with Crippen LogP contribution < -0.4 is 15.5 Å². The zero-order chi connectivity index (χ0) is 18.6. The van der Waals surface area contributed by atoms with E-state index in [1.165, 1.54) is 19.3 Å². The summed E-state index contributed by atoms with van der Waals surface area (Å²) in [4.78, 5) is 24.2. The molecule has 26 heavy (non-hydrogen) atoms. The lowest BCUT2D eigenvalue weighted by atomic mass is 9.85. The number of anilines is 2. The van der Waals surface area contributed by atoms with Crippen molar-refractivity contribution >= 4 is 17.7 Å². The SMILES string of the molecule is CNc1nc(C)cc(N2CC[C@@](COC)(C(=O)NC3CCCCC3)C2)n1. The summed E-state index contributed by atoms with van der Waals surface area (Å²) in [5.41, 5.74) is 0.403. The highest BCUT2D eigenvalue weighted by atomic mass is 16.5. The van der Waals surface area contributed by atoms with Gasteiger partial charge >= 0.3 is 0 Å². The van der Waals surface area contributed by atoms with Crippen LogP contribution in [0.15, 0.2) is 6.07 Å². The number of hydrogen-bond donors (Lipinski definition) is 2. The average molecular weight is 361 g/mol. The molecule has 7 nitrogen and oxygen atoms in total. The molecule has 3 rings (SSSR count). The summed E-state index contributed by atoms with van der Waals surface area (Å²) in [6.07, 6.45) is 6.66. The molecule has 1 aliphatic heterocycles. The van der Waals surface area contributed by atoms with Gasteiger partial charge in [-0.05, 0) is 26.2 Å². The highest BCUT2D eigenvalue weighted by Gasteiger charge is 2.45. The first-order chi connectivity index (χ1) is 12.6. The fraction of sp³-hybridized carbons (Fsp3) is 0.737. The summed E-state index contributed by atoms with van der Waals surface area (Å²) in [6, 6.07) is 2.29. The maximum Gasteiger partial charge on any atom is 0.230 e. The van der Waals surface area contributed by atoms with Gasteiger partial charge in [0.05, 0.1) is 12.0 Å². The molecule has 1 aliphatic carbocycles. The molecule has 0 aromatic carbocycles. The van der Waals surface area contributed by atoms with Gasteiger partial charge in [-0.15, -0.1) is 0 Å². The van der Waals surface area contributed by atoms with Crippen LogP contribution in [0, 0.1) is 12.3 Å². The Morgan fingerprint density at radius 1 is 1.35 bits per heavy atom. The Balaban J connectivity index is 1.74. The van der Waals surface area contributed by atoms with Crippen LogP contribution >= 0.6 is 0 Å². The molecule has 144 valence electrons. The minimum absolute atomic E-state index is 0.133. The van der Waals surface area contributed by atoms with E-state index in [1.54, 1.807) is 7.11 Å². The molecule has 1 aromatic heterocycles. The third kappa shape index (κ3) is 4.09. The van der Waals surface area contributed by atoms with Gasteiger partial charge in [-0.1, -0.05) is 19.3 Å². The number of hydrogen-bond acceptors (Lipinski definition) is 6. The second kappa shape index (κ2) is 8.20. The van der Waals surface area contributed by atoms with E-state index in [0.717, 1.165) is 37.3 Å². The number of carbonyl (C=O) groups is 1. The Bertz CT molecular complexity index is 632. The topological polar surface area (TPSA) is 79.4 Å². The predicted octanol–water partition coefficient (Wildman–Crippen LogP) is 2.12. The summed E-state index contributed by atoms with van der Waals surface area (Å²) < 4.78 is 5.46. The van der Waals surface area contributed by atoms with E-state index >= 15 is 0 Å². The van der Waals surface area contributed by atoms with E-state index in [0.29, 0.717) is 25.1 Å². The van der Waals surface area contributed by atoms with E-state index in [9.17, 15) is 4.79 Å². The van der Waals surface area contributed by atoms with E-state index in [-0.39, 0.29) is 5.91 Å². The fourth-order valence-electron chi connectivity index (χ4n) is 4.12. The summed E-state index contributed by atoms with van der Waals surface area (Å²) >= 11 is 0. The lowest BCUT2D eigenvalue weighted by molar-refractivity contribution is -0.133. The van der Waals surface area contributed by atoms with Gasteiger partial charge in [0.2, 0.25) is 11.9 Å². The largest absolute Gasteiger partial charge is 0.383 e. The zero-order valence-corrected chi connectivity index (χ0v) is 16.2. The number of amides is 1. The second-order valence-electron chi connectivity index (χ2n) is 7.63. The standard InChI is InChI=1S/C19H31N5O2/c1-14-11-16(23-18(20-2)21-14)24-10-9-19(12-24,13-26-3)17(25)22-15-7-5-4-6-8-15/h11,15H,4-10,12-13H2,1-3H3,(H,22,25)(H,20,21,23)/t19-/m1/s1. The van der Waals surface area contributed by atoms with Gasteiger partial charge in [-0.2, -0.15) is 4.98 Å². The second-order valence-corrected chi connectivity index (χ2v) is 7.63. The van der Waals surface area contributed by atoms with Crippen molar-refractivity contribution in [2.45, 2.75) is 51.5 Å². The molecule has 2 fully saturated rings. The Kier molecular flexibility index (Phi) is 5.96. The van der Waals surface area contributed by atoms with Crippen molar-refractivity contribution in [1.82, 2.24) is 15.3 Å². The van der Waals surface area contributed by atoms with Crippen LogP contribution in [-0.4, -0.2) is 55.8 Å². The average Bonchev–Trinajstić information content (AvgIpc) is 3.08. The quantitative estimate of drug-likeness (QED) is 0.808. The molecule has 1 saturated heterocycles.